The van der Waals surface area contributed by atoms with Crippen LogP contribution >= 0.6 is 0 Å². The van der Waals surface area contributed by atoms with Gasteiger partial charge in [-0.15, -0.1) is 0 Å². The lowest BCUT2D eigenvalue weighted by atomic mass is 9.78. The largest absolute Gasteiger partial charge is 0.357 e. The molecule has 4 heteroatoms. The van der Waals surface area contributed by atoms with Crippen molar-refractivity contribution >= 4 is 6.41 Å². The molecule has 1 aromatic carbocycles. The average Bonchev–Trinajstić information content (AvgIpc) is 3.06. The van der Waals surface area contributed by atoms with Crippen molar-refractivity contribution in [3.8, 4) is 0 Å². The third-order valence-corrected chi connectivity index (χ3v) is 5.85. The van der Waals surface area contributed by atoms with Crippen LogP contribution in [0.5, 0.6) is 0 Å². The van der Waals surface area contributed by atoms with Crippen LogP contribution in [0.4, 0.5) is 0 Å². The summed E-state index contributed by atoms with van der Waals surface area (Å²) in [6.45, 7) is 4.91. The first-order chi connectivity index (χ1) is 11.8. The molecule has 0 aromatic heterocycles. The summed E-state index contributed by atoms with van der Waals surface area (Å²) < 4.78 is 0. The molecule has 132 valence electrons. The van der Waals surface area contributed by atoms with Crippen molar-refractivity contribution < 1.29 is 4.79 Å². The molecular weight excluding hydrogens is 298 g/mol. The van der Waals surface area contributed by atoms with Gasteiger partial charge >= 0.3 is 0 Å². The maximum atomic E-state index is 10.4. The summed E-state index contributed by atoms with van der Waals surface area (Å²) in [7, 11) is 0. The molecule has 3 rings (SSSR count). The third kappa shape index (κ3) is 4.37. The highest BCUT2D eigenvalue weighted by Gasteiger charge is 2.39. The van der Waals surface area contributed by atoms with E-state index in [1.54, 1.807) is 0 Å². The molecule has 1 aromatic rings. The predicted molar refractivity (Wildman–Crippen MR) is 97.8 cm³/mol. The van der Waals surface area contributed by atoms with E-state index in [4.69, 9.17) is 0 Å². The fourth-order valence-corrected chi connectivity index (χ4v) is 4.64. The summed E-state index contributed by atoms with van der Waals surface area (Å²) in [5.74, 6) is 0. The molecular formula is C20H31N3O. The predicted octanol–water partition coefficient (Wildman–Crippen LogP) is 2.72. The van der Waals surface area contributed by atoms with Crippen LogP contribution in [-0.4, -0.2) is 44.0 Å². The first-order valence-corrected chi connectivity index (χ1v) is 9.50. The lowest BCUT2D eigenvalue weighted by Gasteiger charge is -2.44. The maximum absolute atomic E-state index is 10.4. The van der Waals surface area contributed by atoms with Gasteiger partial charge in [0, 0.05) is 32.2 Å². The summed E-state index contributed by atoms with van der Waals surface area (Å²) in [5.41, 5.74) is 1.99. The number of nitrogens with zero attached hydrogens (tertiary/aromatic N) is 1. The monoisotopic (exact) mass is 329 g/mol. The number of hydrogen-bond acceptors (Lipinski definition) is 3. The lowest BCUT2D eigenvalue weighted by Crippen LogP contribution is -2.46. The van der Waals surface area contributed by atoms with Crippen LogP contribution < -0.4 is 10.6 Å². The first kappa shape index (κ1) is 17.4. The van der Waals surface area contributed by atoms with Gasteiger partial charge < -0.3 is 10.6 Å². The summed E-state index contributed by atoms with van der Waals surface area (Å²) in [6, 6.07) is 11.3. The number of piperidine rings is 1. The Balaban J connectivity index is 1.65. The van der Waals surface area contributed by atoms with E-state index in [1.807, 2.05) is 0 Å². The maximum Gasteiger partial charge on any atom is 0.207 e. The van der Waals surface area contributed by atoms with E-state index in [-0.39, 0.29) is 0 Å². The Bertz CT molecular complexity index is 499. The zero-order valence-corrected chi connectivity index (χ0v) is 14.7. The van der Waals surface area contributed by atoms with Gasteiger partial charge in [0.05, 0.1) is 0 Å². The van der Waals surface area contributed by atoms with Crippen LogP contribution in [-0.2, 0) is 4.79 Å². The molecule has 2 aliphatic rings. The number of carbonyl (C=O) groups is 1. The van der Waals surface area contributed by atoms with E-state index in [9.17, 15) is 4.79 Å². The molecule has 1 amide bonds. The van der Waals surface area contributed by atoms with Crippen LogP contribution in [0.25, 0.3) is 0 Å². The highest BCUT2D eigenvalue weighted by Crippen LogP contribution is 2.46. The van der Waals surface area contributed by atoms with E-state index in [0.29, 0.717) is 18.0 Å². The Morgan fingerprint density at radius 1 is 1.08 bits per heavy atom. The topological polar surface area (TPSA) is 44.4 Å². The van der Waals surface area contributed by atoms with Crippen molar-refractivity contribution in [3.63, 3.8) is 0 Å². The molecule has 0 radical (unpaired) electrons. The zero-order chi connectivity index (χ0) is 16.7. The van der Waals surface area contributed by atoms with Gasteiger partial charge in [0.2, 0.25) is 6.41 Å². The minimum Gasteiger partial charge on any atom is -0.357 e. The molecule has 1 saturated heterocycles. The van der Waals surface area contributed by atoms with Crippen molar-refractivity contribution in [3.05, 3.63) is 35.9 Å². The molecule has 1 atom stereocenters. The van der Waals surface area contributed by atoms with Crippen LogP contribution in [0.3, 0.4) is 0 Å². The SMILES string of the molecule is O=CNCCNCC(c1ccccc1)N1CCCC2(CCCC2)C1. The summed E-state index contributed by atoms with van der Waals surface area (Å²) in [5, 5.41) is 6.26. The average molecular weight is 329 g/mol. The number of nitrogens with one attached hydrogen (secondary N) is 2. The highest BCUT2D eigenvalue weighted by molar-refractivity contribution is 5.45. The van der Waals surface area contributed by atoms with Crippen LogP contribution in [0.1, 0.15) is 50.1 Å². The Kier molecular flexibility index (Phi) is 6.27. The lowest BCUT2D eigenvalue weighted by molar-refractivity contribution is -0.109. The Labute approximate surface area is 146 Å². The molecule has 1 unspecified atom stereocenters. The first-order valence-electron chi connectivity index (χ1n) is 9.50. The Morgan fingerprint density at radius 2 is 1.83 bits per heavy atom. The van der Waals surface area contributed by atoms with Gasteiger partial charge in [0.25, 0.3) is 0 Å². The zero-order valence-electron chi connectivity index (χ0n) is 14.7. The number of hydrogen-bond donors (Lipinski definition) is 2. The van der Waals surface area contributed by atoms with Crippen molar-refractivity contribution in [2.24, 2.45) is 5.41 Å². The fourth-order valence-electron chi connectivity index (χ4n) is 4.64. The summed E-state index contributed by atoms with van der Waals surface area (Å²) in [4.78, 5) is 13.1. The summed E-state index contributed by atoms with van der Waals surface area (Å²) >= 11 is 0. The molecule has 1 aliphatic carbocycles. The van der Waals surface area contributed by atoms with Crippen molar-refractivity contribution in [2.75, 3.05) is 32.7 Å². The number of amides is 1. The number of carbonyl (C=O) groups excluding carboxylic acids is 1. The van der Waals surface area contributed by atoms with Gasteiger partial charge in [0.15, 0.2) is 0 Å². The standard InChI is InChI=1S/C20H31N3O/c24-17-22-13-12-21-15-19(18-7-2-1-3-8-18)23-14-6-11-20(16-23)9-4-5-10-20/h1-3,7-8,17,19,21H,4-6,9-16H2,(H,22,24). The van der Waals surface area contributed by atoms with Crippen molar-refractivity contribution in [1.29, 1.82) is 0 Å². The van der Waals surface area contributed by atoms with Gasteiger partial charge in [-0.2, -0.15) is 0 Å². The number of likely N-dealkylation sites (tertiary alicyclic amines) is 1. The number of benzene rings is 1. The van der Waals surface area contributed by atoms with E-state index in [0.717, 1.165) is 19.5 Å². The normalized spacial score (nSPS) is 21.7. The van der Waals surface area contributed by atoms with Crippen LogP contribution in [0.2, 0.25) is 0 Å². The molecule has 2 N–H and O–H groups in total. The fraction of sp³-hybridized carbons (Fsp3) is 0.650. The van der Waals surface area contributed by atoms with E-state index >= 15 is 0 Å². The van der Waals surface area contributed by atoms with Gasteiger partial charge in [-0.1, -0.05) is 43.2 Å². The Hall–Kier alpha value is -1.39. The van der Waals surface area contributed by atoms with Crippen molar-refractivity contribution in [2.45, 2.75) is 44.6 Å². The molecule has 1 saturated carbocycles. The third-order valence-electron chi connectivity index (χ3n) is 5.85. The van der Waals surface area contributed by atoms with E-state index < -0.39 is 0 Å². The van der Waals surface area contributed by atoms with Gasteiger partial charge in [0.1, 0.15) is 0 Å². The van der Waals surface area contributed by atoms with E-state index in [1.165, 1.54) is 57.2 Å². The molecule has 1 spiro atoms. The van der Waals surface area contributed by atoms with Gasteiger partial charge in [-0.25, -0.2) is 0 Å². The van der Waals surface area contributed by atoms with Crippen LogP contribution in [0, 0.1) is 5.41 Å². The molecule has 24 heavy (non-hydrogen) atoms. The molecule has 0 bridgehead atoms. The molecule has 1 aliphatic heterocycles. The molecule has 2 fully saturated rings. The minimum atomic E-state index is 0.431. The quantitative estimate of drug-likeness (QED) is 0.569. The number of rotatable bonds is 8. The van der Waals surface area contributed by atoms with Crippen LogP contribution in [0.15, 0.2) is 30.3 Å². The molecule has 4 nitrogen and oxygen atoms in total. The summed E-state index contributed by atoms with van der Waals surface area (Å²) in [6.07, 6.45) is 9.19. The van der Waals surface area contributed by atoms with Crippen molar-refractivity contribution in [1.82, 2.24) is 15.5 Å². The van der Waals surface area contributed by atoms with Gasteiger partial charge in [-0.05, 0) is 43.2 Å². The second kappa shape index (κ2) is 8.63. The highest BCUT2D eigenvalue weighted by atomic mass is 16.1. The second-order valence-corrected chi connectivity index (χ2v) is 7.48. The smallest absolute Gasteiger partial charge is 0.207 e. The molecule has 1 heterocycles. The Morgan fingerprint density at radius 3 is 2.58 bits per heavy atom. The van der Waals surface area contributed by atoms with E-state index in [2.05, 4.69) is 45.9 Å². The van der Waals surface area contributed by atoms with Gasteiger partial charge in [-0.3, -0.25) is 9.69 Å². The second-order valence-electron chi connectivity index (χ2n) is 7.48. The minimum absolute atomic E-state index is 0.431.